The Morgan fingerprint density at radius 3 is 2.57 bits per heavy atom. The maximum absolute atomic E-state index is 12.4. The third-order valence-electron chi connectivity index (χ3n) is 4.88. The Labute approximate surface area is 176 Å². The highest BCUT2D eigenvalue weighted by Gasteiger charge is 2.20. The number of amides is 2. The molecule has 0 aliphatic heterocycles. The molecule has 0 heterocycles. The number of nitrogens with two attached hydrogens (primary N) is 1. The molecule has 2 amide bonds. The van der Waals surface area contributed by atoms with Crippen LogP contribution in [0.2, 0.25) is 0 Å². The molecular weight excluding hydrogens is 402 g/mol. The zero-order valence-corrected chi connectivity index (χ0v) is 16.6. The van der Waals surface area contributed by atoms with Crippen LogP contribution in [0.25, 0.3) is 11.1 Å². The predicted molar refractivity (Wildman–Crippen MR) is 116 cm³/mol. The van der Waals surface area contributed by atoms with Crippen LogP contribution in [0.5, 0.6) is 0 Å². The van der Waals surface area contributed by atoms with Crippen molar-refractivity contribution in [3.8, 4) is 11.1 Å². The van der Waals surface area contributed by atoms with Crippen LogP contribution in [-0.2, 0) is 11.2 Å². The summed E-state index contributed by atoms with van der Waals surface area (Å²) in [6, 6.07) is 18.0. The lowest BCUT2D eigenvalue weighted by Gasteiger charge is -2.08. The van der Waals surface area contributed by atoms with Gasteiger partial charge in [-0.2, -0.15) is 0 Å². The summed E-state index contributed by atoms with van der Waals surface area (Å²) in [4.78, 5) is 34.6. The maximum atomic E-state index is 12.4. The molecular formula is C22H17N3O4S. The van der Waals surface area contributed by atoms with Gasteiger partial charge in [0.05, 0.1) is 15.6 Å². The Balaban J connectivity index is 1.43. The Hall–Kier alpha value is -3.65. The molecule has 8 heteroatoms. The van der Waals surface area contributed by atoms with Gasteiger partial charge in [0.25, 0.3) is 5.69 Å². The number of anilines is 1. The average molecular weight is 419 g/mol. The van der Waals surface area contributed by atoms with E-state index in [2.05, 4.69) is 17.4 Å². The van der Waals surface area contributed by atoms with Gasteiger partial charge in [0.1, 0.15) is 0 Å². The van der Waals surface area contributed by atoms with Gasteiger partial charge in [-0.15, -0.1) is 11.8 Å². The van der Waals surface area contributed by atoms with E-state index in [0.717, 1.165) is 29.8 Å². The summed E-state index contributed by atoms with van der Waals surface area (Å²) in [5, 5.41) is 14.1. The lowest BCUT2D eigenvalue weighted by atomic mass is 10.1. The highest BCUT2D eigenvalue weighted by atomic mass is 32.2. The van der Waals surface area contributed by atoms with Crippen molar-refractivity contribution in [1.82, 2.24) is 0 Å². The fraction of sp³-hybridized carbons (Fsp3) is 0.0909. The fourth-order valence-electron chi connectivity index (χ4n) is 3.50. The first-order chi connectivity index (χ1) is 14.4. The number of carbonyl (C=O) groups is 2. The predicted octanol–water partition coefficient (Wildman–Crippen LogP) is 4.00. The van der Waals surface area contributed by atoms with Gasteiger partial charge in [-0.1, -0.05) is 30.3 Å². The second-order valence-electron chi connectivity index (χ2n) is 6.85. The van der Waals surface area contributed by atoms with E-state index in [1.165, 1.54) is 28.8 Å². The molecule has 0 radical (unpaired) electrons. The van der Waals surface area contributed by atoms with E-state index < -0.39 is 10.8 Å². The van der Waals surface area contributed by atoms with Crippen molar-refractivity contribution < 1.29 is 14.5 Å². The molecule has 0 unspecified atom stereocenters. The largest absolute Gasteiger partial charge is 0.366 e. The van der Waals surface area contributed by atoms with E-state index in [-0.39, 0.29) is 22.9 Å². The number of rotatable bonds is 6. The minimum atomic E-state index is -0.744. The van der Waals surface area contributed by atoms with Gasteiger partial charge < -0.3 is 11.1 Å². The zero-order valence-electron chi connectivity index (χ0n) is 15.8. The van der Waals surface area contributed by atoms with Crippen molar-refractivity contribution in [2.45, 2.75) is 11.3 Å². The number of carbonyl (C=O) groups excluding carboxylic acids is 2. The number of hydrogen-bond donors (Lipinski definition) is 2. The molecule has 0 fully saturated rings. The van der Waals surface area contributed by atoms with Crippen molar-refractivity contribution in [2.75, 3.05) is 11.1 Å². The smallest absolute Gasteiger partial charge is 0.283 e. The lowest BCUT2D eigenvalue weighted by molar-refractivity contribution is -0.387. The van der Waals surface area contributed by atoms with Crippen LogP contribution in [0.3, 0.4) is 0 Å². The van der Waals surface area contributed by atoms with Crippen molar-refractivity contribution in [2.24, 2.45) is 5.73 Å². The number of nitro groups is 1. The molecule has 0 aromatic heterocycles. The molecule has 0 spiro atoms. The first-order valence-electron chi connectivity index (χ1n) is 9.14. The van der Waals surface area contributed by atoms with Gasteiger partial charge in [-0.25, -0.2) is 0 Å². The first-order valence-corrected chi connectivity index (χ1v) is 10.1. The minimum Gasteiger partial charge on any atom is -0.366 e. The molecule has 1 aliphatic carbocycles. The number of benzene rings is 3. The molecule has 0 saturated carbocycles. The topological polar surface area (TPSA) is 115 Å². The summed E-state index contributed by atoms with van der Waals surface area (Å²) in [7, 11) is 0. The number of nitrogens with one attached hydrogen (secondary N) is 1. The third kappa shape index (κ3) is 3.90. The van der Waals surface area contributed by atoms with Crippen molar-refractivity contribution in [3.05, 3.63) is 87.5 Å². The van der Waals surface area contributed by atoms with Crippen LogP contribution in [0.15, 0.2) is 65.6 Å². The van der Waals surface area contributed by atoms with Gasteiger partial charge in [0.2, 0.25) is 11.8 Å². The van der Waals surface area contributed by atoms with Crippen molar-refractivity contribution in [1.29, 1.82) is 0 Å². The molecule has 7 nitrogen and oxygen atoms in total. The van der Waals surface area contributed by atoms with E-state index in [1.807, 2.05) is 30.3 Å². The normalized spacial score (nSPS) is 11.5. The van der Waals surface area contributed by atoms with Gasteiger partial charge in [-0.3, -0.25) is 19.7 Å². The standard InChI is InChI=1S/C22H17N3O4S/c23-22(27)14-5-8-20(19(11-14)25(28)29)30-12-21(26)24-16-6-7-18-15(10-16)9-13-3-1-2-4-17(13)18/h1-8,10-11H,9,12H2,(H2,23,27)(H,24,26). The van der Waals surface area contributed by atoms with E-state index in [4.69, 9.17) is 5.73 Å². The Kier molecular flexibility index (Phi) is 5.24. The number of thioether (sulfide) groups is 1. The molecule has 1 aliphatic rings. The lowest BCUT2D eigenvalue weighted by Crippen LogP contribution is -2.14. The van der Waals surface area contributed by atoms with Crippen LogP contribution in [-0.4, -0.2) is 22.5 Å². The Morgan fingerprint density at radius 1 is 1.03 bits per heavy atom. The van der Waals surface area contributed by atoms with Crippen LogP contribution in [0.4, 0.5) is 11.4 Å². The van der Waals surface area contributed by atoms with E-state index in [1.54, 1.807) is 0 Å². The van der Waals surface area contributed by atoms with Crippen LogP contribution < -0.4 is 11.1 Å². The number of fused-ring (bicyclic) bond motifs is 3. The van der Waals surface area contributed by atoms with Crippen molar-refractivity contribution >= 4 is 35.0 Å². The fourth-order valence-corrected chi connectivity index (χ4v) is 4.30. The average Bonchev–Trinajstić information content (AvgIpc) is 3.09. The molecule has 0 atom stereocenters. The molecule has 4 rings (SSSR count). The van der Waals surface area contributed by atoms with Gasteiger partial charge in [0, 0.05) is 17.3 Å². The zero-order chi connectivity index (χ0) is 21.3. The summed E-state index contributed by atoms with van der Waals surface area (Å²) in [6.45, 7) is 0. The SMILES string of the molecule is NC(=O)c1ccc(SCC(=O)Nc2ccc3c(c2)Cc2ccccc2-3)c([N+](=O)[O-])c1. The molecule has 0 bridgehead atoms. The van der Waals surface area contributed by atoms with Crippen LogP contribution in [0, 0.1) is 10.1 Å². The second-order valence-corrected chi connectivity index (χ2v) is 7.86. The summed E-state index contributed by atoms with van der Waals surface area (Å²) >= 11 is 1.03. The summed E-state index contributed by atoms with van der Waals surface area (Å²) in [5.74, 6) is -1.02. The first kappa shape index (κ1) is 19.7. The second kappa shape index (κ2) is 8.00. The Bertz CT molecular complexity index is 1190. The highest BCUT2D eigenvalue weighted by Crippen LogP contribution is 2.37. The summed E-state index contributed by atoms with van der Waals surface area (Å²) in [5.41, 5.74) is 10.5. The van der Waals surface area contributed by atoms with E-state index >= 15 is 0 Å². The quantitative estimate of drug-likeness (QED) is 0.278. The van der Waals surface area contributed by atoms with Gasteiger partial charge in [0.15, 0.2) is 0 Å². The summed E-state index contributed by atoms with van der Waals surface area (Å²) < 4.78 is 0. The molecule has 0 saturated heterocycles. The molecule has 30 heavy (non-hydrogen) atoms. The van der Waals surface area contributed by atoms with E-state index in [0.29, 0.717) is 10.6 Å². The van der Waals surface area contributed by atoms with Crippen LogP contribution >= 0.6 is 11.8 Å². The van der Waals surface area contributed by atoms with Gasteiger partial charge >= 0.3 is 0 Å². The maximum Gasteiger partial charge on any atom is 0.283 e. The molecule has 150 valence electrons. The highest BCUT2D eigenvalue weighted by molar-refractivity contribution is 8.00. The van der Waals surface area contributed by atoms with Crippen LogP contribution in [0.1, 0.15) is 21.5 Å². The Morgan fingerprint density at radius 2 is 1.80 bits per heavy atom. The number of hydrogen-bond acceptors (Lipinski definition) is 5. The number of primary amides is 1. The monoisotopic (exact) mass is 419 g/mol. The molecule has 3 aromatic rings. The number of nitrogens with zero attached hydrogens (tertiary/aromatic N) is 1. The minimum absolute atomic E-state index is 0.00588. The van der Waals surface area contributed by atoms with Gasteiger partial charge in [-0.05, 0) is 52.9 Å². The number of nitro benzene ring substituents is 1. The van der Waals surface area contributed by atoms with Crippen molar-refractivity contribution in [3.63, 3.8) is 0 Å². The molecule has 3 aromatic carbocycles. The molecule has 3 N–H and O–H groups in total. The third-order valence-corrected chi connectivity index (χ3v) is 5.94. The summed E-state index contributed by atoms with van der Waals surface area (Å²) in [6.07, 6.45) is 0.822. The van der Waals surface area contributed by atoms with E-state index in [9.17, 15) is 19.7 Å².